The number of benzene rings is 2. The van der Waals surface area contributed by atoms with E-state index in [4.69, 9.17) is 5.73 Å². The van der Waals surface area contributed by atoms with Crippen LogP contribution in [0.25, 0.3) is 0 Å². The molecule has 4 N–H and O–H groups in total. The van der Waals surface area contributed by atoms with E-state index in [1.165, 1.54) is 42.6 Å². The van der Waals surface area contributed by atoms with E-state index in [1.54, 1.807) is 17.5 Å². The number of thiazole rings is 1. The predicted octanol–water partition coefficient (Wildman–Crippen LogP) is 2.30. The van der Waals surface area contributed by atoms with Crippen molar-refractivity contribution >= 4 is 44.0 Å². The number of carbonyl (C=O) groups is 2. The molecule has 3 aromatic rings. The van der Waals surface area contributed by atoms with Crippen molar-refractivity contribution in [2.24, 2.45) is 5.73 Å². The lowest BCUT2D eigenvalue weighted by atomic mass is 10.1. The number of rotatable bonds is 6. The molecule has 0 saturated carbocycles. The number of hydrogen-bond donors (Lipinski definition) is 3. The van der Waals surface area contributed by atoms with Gasteiger partial charge in [-0.25, -0.2) is 13.4 Å². The van der Waals surface area contributed by atoms with Gasteiger partial charge in [0, 0.05) is 17.3 Å². The zero-order chi connectivity index (χ0) is 19.4. The van der Waals surface area contributed by atoms with Gasteiger partial charge in [-0.2, -0.15) is 0 Å². The van der Waals surface area contributed by atoms with E-state index in [-0.39, 0.29) is 21.2 Å². The number of primary amides is 1. The Kier molecular flexibility index (Phi) is 5.19. The molecular formula is C17H14N4O4S2. The molecule has 10 heteroatoms. The molecule has 1 aromatic heterocycles. The second kappa shape index (κ2) is 7.56. The van der Waals surface area contributed by atoms with Crippen molar-refractivity contribution in [1.29, 1.82) is 0 Å². The monoisotopic (exact) mass is 402 g/mol. The summed E-state index contributed by atoms with van der Waals surface area (Å²) in [4.78, 5) is 27.7. The molecule has 0 bridgehead atoms. The molecule has 0 aliphatic heterocycles. The lowest BCUT2D eigenvalue weighted by molar-refractivity contribution is 0.0977. The maximum Gasteiger partial charge on any atom is 0.263 e. The summed E-state index contributed by atoms with van der Waals surface area (Å²) in [5.41, 5.74) is 5.87. The maximum atomic E-state index is 12.4. The van der Waals surface area contributed by atoms with Crippen LogP contribution in [-0.2, 0) is 10.0 Å². The average molecular weight is 402 g/mol. The fourth-order valence-corrected chi connectivity index (χ4v) is 4.05. The third-order valence-corrected chi connectivity index (χ3v) is 5.69. The van der Waals surface area contributed by atoms with Crippen LogP contribution >= 0.6 is 11.3 Å². The minimum absolute atomic E-state index is 0.0215. The molecule has 0 atom stereocenters. The Labute approximate surface area is 159 Å². The summed E-state index contributed by atoms with van der Waals surface area (Å²) in [6.45, 7) is 0. The van der Waals surface area contributed by atoms with E-state index < -0.39 is 21.8 Å². The minimum atomic E-state index is -3.77. The molecule has 0 unspecified atom stereocenters. The number of anilines is 2. The Balaban J connectivity index is 1.76. The highest BCUT2D eigenvalue weighted by Crippen LogP contribution is 2.20. The van der Waals surface area contributed by atoms with Crippen LogP contribution in [0.2, 0.25) is 0 Å². The van der Waals surface area contributed by atoms with Gasteiger partial charge in [0.1, 0.15) is 0 Å². The summed E-state index contributed by atoms with van der Waals surface area (Å²) < 4.78 is 26.9. The largest absolute Gasteiger partial charge is 0.366 e. The molecule has 1 heterocycles. The molecule has 3 rings (SSSR count). The van der Waals surface area contributed by atoms with E-state index in [9.17, 15) is 18.0 Å². The summed E-state index contributed by atoms with van der Waals surface area (Å²) >= 11 is 1.16. The van der Waals surface area contributed by atoms with Crippen LogP contribution < -0.4 is 15.8 Å². The second-order valence-corrected chi connectivity index (χ2v) is 7.91. The van der Waals surface area contributed by atoms with Crippen molar-refractivity contribution in [3.63, 3.8) is 0 Å². The normalized spacial score (nSPS) is 11.0. The highest BCUT2D eigenvalue weighted by molar-refractivity contribution is 7.93. The van der Waals surface area contributed by atoms with Gasteiger partial charge in [-0.1, -0.05) is 12.1 Å². The van der Waals surface area contributed by atoms with Gasteiger partial charge in [-0.15, -0.1) is 11.3 Å². The third-order valence-electron chi connectivity index (χ3n) is 3.51. The number of amides is 2. The molecule has 8 nitrogen and oxygen atoms in total. The summed E-state index contributed by atoms with van der Waals surface area (Å²) in [7, 11) is -3.77. The van der Waals surface area contributed by atoms with Crippen LogP contribution in [0.3, 0.4) is 0 Å². The Hall–Kier alpha value is -3.24. The lowest BCUT2D eigenvalue weighted by Gasteiger charge is -2.09. The van der Waals surface area contributed by atoms with Crippen LogP contribution in [0.15, 0.2) is 65.0 Å². The van der Waals surface area contributed by atoms with E-state index in [2.05, 4.69) is 15.0 Å². The SMILES string of the molecule is NC(=O)c1ccccc1C(=O)Nc1ccc(S(=O)(=O)Nc2nccs2)cc1. The molecule has 0 fully saturated rings. The van der Waals surface area contributed by atoms with E-state index in [0.29, 0.717) is 5.69 Å². The van der Waals surface area contributed by atoms with Gasteiger partial charge in [-0.3, -0.25) is 14.3 Å². The molecule has 2 aromatic carbocycles. The van der Waals surface area contributed by atoms with Gasteiger partial charge in [0.15, 0.2) is 5.13 Å². The van der Waals surface area contributed by atoms with Crippen LogP contribution in [0.4, 0.5) is 10.8 Å². The van der Waals surface area contributed by atoms with Gasteiger partial charge in [0.25, 0.3) is 15.9 Å². The van der Waals surface area contributed by atoms with E-state index >= 15 is 0 Å². The Morgan fingerprint density at radius 3 is 2.26 bits per heavy atom. The standard InChI is InChI=1S/C17H14N4O4S2/c18-15(22)13-3-1-2-4-14(13)16(23)20-11-5-7-12(8-6-11)27(24,25)21-17-19-9-10-26-17/h1-10H,(H2,18,22)(H,19,21)(H,20,23). The molecule has 27 heavy (non-hydrogen) atoms. The number of hydrogen-bond acceptors (Lipinski definition) is 6. The van der Waals surface area contributed by atoms with Crippen molar-refractivity contribution in [2.45, 2.75) is 4.90 Å². The van der Waals surface area contributed by atoms with Gasteiger partial charge in [-0.05, 0) is 36.4 Å². The molecule has 0 spiro atoms. The first-order valence-electron chi connectivity index (χ1n) is 7.59. The zero-order valence-corrected chi connectivity index (χ0v) is 15.4. The van der Waals surface area contributed by atoms with Crippen LogP contribution in [0.1, 0.15) is 20.7 Å². The molecule has 0 saturated heterocycles. The number of sulfonamides is 1. The Morgan fingerprint density at radius 1 is 1.00 bits per heavy atom. The number of carbonyl (C=O) groups excluding carboxylic acids is 2. The smallest absolute Gasteiger partial charge is 0.263 e. The number of nitrogens with two attached hydrogens (primary N) is 1. The average Bonchev–Trinajstić information content (AvgIpc) is 3.14. The fourth-order valence-electron chi connectivity index (χ4n) is 2.26. The molecule has 2 amide bonds. The van der Waals surface area contributed by atoms with Gasteiger partial charge in [0.2, 0.25) is 5.91 Å². The summed E-state index contributed by atoms with van der Waals surface area (Å²) in [6, 6.07) is 11.7. The molecule has 138 valence electrons. The molecule has 0 aliphatic carbocycles. The summed E-state index contributed by atoms with van der Waals surface area (Å²) in [6.07, 6.45) is 1.49. The first-order chi connectivity index (χ1) is 12.9. The highest BCUT2D eigenvalue weighted by Gasteiger charge is 2.17. The quantitative estimate of drug-likeness (QED) is 0.582. The third kappa shape index (κ3) is 4.30. The molecule has 0 aliphatic rings. The van der Waals surface area contributed by atoms with Crippen molar-refractivity contribution in [2.75, 3.05) is 10.0 Å². The minimum Gasteiger partial charge on any atom is -0.366 e. The first kappa shape index (κ1) is 18.5. The van der Waals surface area contributed by atoms with E-state index in [1.807, 2.05) is 0 Å². The maximum absolute atomic E-state index is 12.4. The topological polar surface area (TPSA) is 131 Å². The van der Waals surface area contributed by atoms with Gasteiger partial charge < -0.3 is 11.1 Å². The van der Waals surface area contributed by atoms with Crippen molar-refractivity contribution < 1.29 is 18.0 Å². The highest BCUT2D eigenvalue weighted by atomic mass is 32.2. The predicted molar refractivity (Wildman–Crippen MR) is 102 cm³/mol. The summed E-state index contributed by atoms with van der Waals surface area (Å²) in [5.74, 6) is -1.24. The van der Waals surface area contributed by atoms with Crippen LogP contribution in [0.5, 0.6) is 0 Å². The van der Waals surface area contributed by atoms with Gasteiger partial charge in [0.05, 0.1) is 16.0 Å². The summed E-state index contributed by atoms with van der Waals surface area (Å²) in [5, 5.41) is 4.52. The fraction of sp³-hybridized carbons (Fsp3) is 0. The Bertz CT molecular complexity index is 1080. The second-order valence-electron chi connectivity index (χ2n) is 5.33. The van der Waals surface area contributed by atoms with E-state index in [0.717, 1.165) is 11.3 Å². The number of nitrogens with one attached hydrogen (secondary N) is 2. The van der Waals surface area contributed by atoms with Crippen LogP contribution in [-0.4, -0.2) is 25.2 Å². The lowest BCUT2D eigenvalue weighted by Crippen LogP contribution is -2.20. The Morgan fingerprint density at radius 2 is 1.67 bits per heavy atom. The van der Waals surface area contributed by atoms with Crippen molar-refractivity contribution in [3.8, 4) is 0 Å². The molecular weight excluding hydrogens is 388 g/mol. The van der Waals surface area contributed by atoms with Gasteiger partial charge >= 0.3 is 0 Å². The van der Waals surface area contributed by atoms with Crippen molar-refractivity contribution in [1.82, 2.24) is 4.98 Å². The van der Waals surface area contributed by atoms with Crippen LogP contribution in [0, 0.1) is 0 Å². The van der Waals surface area contributed by atoms with Crippen molar-refractivity contribution in [3.05, 3.63) is 71.2 Å². The number of aromatic nitrogens is 1. The number of nitrogens with zero attached hydrogens (tertiary/aromatic N) is 1. The zero-order valence-electron chi connectivity index (χ0n) is 13.7. The first-order valence-corrected chi connectivity index (χ1v) is 9.96. The molecule has 0 radical (unpaired) electrons.